The molecule has 0 spiro atoms. The average Bonchev–Trinajstić information content (AvgIpc) is 2.59. The van der Waals surface area contributed by atoms with E-state index >= 15 is 0 Å². The third-order valence-electron chi connectivity index (χ3n) is 3.08. The lowest BCUT2D eigenvalue weighted by Crippen LogP contribution is -2.26. The molecule has 3 rings (SSSR count). The van der Waals surface area contributed by atoms with Crippen LogP contribution in [0.2, 0.25) is 5.15 Å². The Bertz CT molecular complexity index is 583. The van der Waals surface area contributed by atoms with Gasteiger partial charge in [-0.15, -0.1) is 0 Å². The van der Waals surface area contributed by atoms with Gasteiger partial charge in [0, 0.05) is 23.9 Å². The van der Waals surface area contributed by atoms with Gasteiger partial charge in [-0.25, -0.2) is 4.98 Å². The summed E-state index contributed by atoms with van der Waals surface area (Å²) < 4.78 is 5.73. The highest BCUT2D eigenvalue weighted by molar-refractivity contribution is 6.29. The Morgan fingerprint density at radius 1 is 1.26 bits per heavy atom. The standard InChI is InChI=1S/C14H14ClN3O/c15-13-7-11(16)8-14(17-13)18-5-6-19-12-4-2-1-3-10(12)9-18/h1-4,7-8H,5-6,9H2,(H2,16,17). The van der Waals surface area contributed by atoms with Gasteiger partial charge in [0.2, 0.25) is 0 Å². The number of nitrogens with zero attached hydrogens (tertiary/aromatic N) is 2. The molecule has 0 amide bonds. The minimum Gasteiger partial charge on any atom is -0.491 e. The van der Waals surface area contributed by atoms with Gasteiger partial charge in [-0.2, -0.15) is 0 Å². The van der Waals surface area contributed by atoms with Gasteiger partial charge in [-0.1, -0.05) is 29.8 Å². The minimum atomic E-state index is 0.411. The summed E-state index contributed by atoms with van der Waals surface area (Å²) in [5.41, 5.74) is 7.58. The number of benzene rings is 1. The third-order valence-corrected chi connectivity index (χ3v) is 3.27. The topological polar surface area (TPSA) is 51.4 Å². The molecule has 1 aromatic carbocycles. The summed E-state index contributed by atoms with van der Waals surface area (Å²) >= 11 is 5.96. The maximum Gasteiger partial charge on any atom is 0.133 e. The zero-order valence-corrected chi connectivity index (χ0v) is 11.1. The molecule has 1 aliphatic rings. The van der Waals surface area contributed by atoms with Crippen molar-refractivity contribution in [1.29, 1.82) is 0 Å². The Morgan fingerprint density at radius 2 is 2.11 bits per heavy atom. The smallest absolute Gasteiger partial charge is 0.133 e. The summed E-state index contributed by atoms with van der Waals surface area (Å²) in [6.45, 7) is 2.11. The Morgan fingerprint density at radius 3 is 2.95 bits per heavy atom. The second-order valence-electron chi connectivity index (χ2n) is 4.46. The molecule has 0 saturated heterocycles. The summed E-state index contributed by atoms with van der Waals surface area (Å²) in [5.74, 6) is 1.71. The summed E-state index contributed by atoms with van der Waals surface area (Å²) in [7, 11) is 0. The van der Waals surface area contributed by atoms with E-state index in [-0.39, 0.29) is 0 Å². The van der Waals surface area contributed by atoms with Crippen LogP contribution in [0, 0.1) is 0 Å². The number of aromatic nitrogens is 1. The summed E-state index contributed by atoms with van der Waals surface area (Å²) in [4.78, 5) is 6.45. The van der Waals surface area contributed by atoms with E-state index in [1.807, 2.05) is 24.3 Å². The highest BCUT2D eigenvalue weighted by Crippen LogP contribution is 2.26. The number of hydrogen-bond donors (Lipinski definition) is 1. The summed E-state index contributed by atoms with van der Waals surface area (Å²) in [6, 6.07) is 11.5. The predicted octanol–water partition coefficient (Wildman–Crippen LogP) is 2.72. The molecule has 0 aliphatic carbocycles. The molecule has 98 valence electrons. The number of pyridine rings is 1. The molecule has 1 aliphatic heterocycles. The van der Waals surface area contributed by atoms with Crippen molar-refractivity contribution < 1.29 is 4.74 Å². The van der Waals surface area contributed by atoms with Crippen molar-refractivity contribution in [2.24, 2.45) is 0 Å². The number of nitrogen functional groups attached to an aromatic ring is 1. The van der Waals surface area contributed by atoms with Crippen molar-refractivity contribution in [1.82, 2.24) is 4.98 Å². The molecule has 0 radical (unpaired) electrons. The minimum absolute atomic E-state index is 0.411. The number of ether oxygens (including phenoxy) is 1. The van der Waals surface area contributed by atoms with Crippen LogP contribution in [0.1, 0.15) is 5.56 Å². The molecule has 0 saturated carbocycles. The van der Waals surface area contributed by atoms with Crippen LogP contribution >= 0.6 is 11.6 Å². The van der Waals surface area contributed by atoms with Gasteiger partial charge < -0.3 is 15.4 Å². The first kappa shape index (κ1) is 12.1. The Balaban J connectivity index is 1.94. The molecule has 5 heteroatoms. The van der Waals surface area contributed by atoms with E-state index < -0.39 is 0 Å². The van der Waals surface area contributed by atoms with Crippen molar-refractivity contribution >= 4 is 23.1 Å². The largest absolute Gasteiger partial charge is 0.491 e. The molecular weight excluding hydrogens is 262 g/mol. The van der Waals surface area contributed by atoms with Gasteiger partial charge in [-0.3, -0.25) is 0 Å². The van der Waals surface area contributed by atoms with Crippen LogP contribution in [-0.2, 0) is 6.54 Å². The predicted molar refractivity (Wildman–Crippen MR) is 76.6 cm³/mol. The molecule has 19 heavy (non-hydrogen) atoms. The van der Waals surface area contributed by atoms with Gasteiger partial charge in [0.1, 0.15) is 23.3 Å². The van der Waals surface area contributed by atoms with Crippen molar-refractivity contribution in [2.75, 3.05) is 23.8 Å². The summed E-state index contributed by atoms with van der Waals surface area (Å²) in [5, 5.41) is 0.411. The Kier molecular flexibility index (Phi) is 3.17. The first-order valence-electron chi connectivity index (χ1n) is 6.11. The van der Waals surface area contributed by atoms with Crippen LogP contribution in [0.3, 0.4) is 0 Å². The monoisotopic (exact) mass is 275 g/mol. The number of rotatable bonds is 1. The number of para-hydroxylation sites is 1. The molecule has 0 unspecified atom stereocenters. The van der Waals surface area contributed by atoms with Gasteiger partial charge in [0.25, 0.3) is 0 Å². The zero-order valence-electron chi connectivity index (χ0n) is 10.3. The van der Waals surface area contributed by atoms with E-state index in [4.69, 9.17) is 22.1 Å². The normalized spacial score (nSPS) is 14.5. The lowest BCUT2D eigenvalue weighted by atomic mass is 10.2. The highest BCUT2D eigenvalue weighted by Gasteiger charge is 2.16. The fraction of sp³-hybridized carbons (Fsp3) is 0.214. The van der Waals surface area contributed by atoms with Crippen LogP contribution in [0.15, 0.2) is 36.4 Å². The van der Waals surface area contributed by atoms with Crippen molar-refractivity contribution in [3.05, 3.63) is 47.1 Å². The van der Waals surface area contributed by atoms with Crippen LogP contribution in [0.25, 0.3) is 0 Å². The molecule has 0 bridgehead atoms. The second kappa shape index (κ2) is 4.97. The van der Waals surface area contributed by atoms with Crippen LogP contribution in [-0.4, -0.2) is 18.1 Å². The number of halogens is 1. The lowest BCUT2D eigenvalue weighted by molar-refractivity contribution is 0.331. The fourth-order valence-corrected chi connectivity index (χ4v) is 2.40. The van der Waals surface area contributed by atoms with E-state index in [2.05, 4.69) is 16.0 Å². The van der Waals surface area contributed by atoms with Gasteiger partial charge in [0.05, 0.1) is 6.54 Å². The number of anilines is 2. The molecule has 2 N–H and O–H groups in total. The van der Waals surface area contributed by atoms with E-state index in [9.17, 15) is 0 Å². The van der Waals surface area contributed by atoms with Crippen LogP contribution < -0.4 is 15.4 Å². The van der Waals surface area contributed by atoms with E-state index in [1.54, 1.807) is 6.07 Å². The van der Waals surface area contributed by atoms with Crippen LogP contribution in [0.5, 0.6) is 5.75 Å². The average molecular weight is 276 g/mol. The van der Waals surface area contributed by atoms with Crippen LogP contribution in [0.4, 0.5) is 11.5 Å². The first-order chi connectivity index (χ1) is 9.22. The Labute approximate surface area is 116 Å². The van der Waals surface area contributed by atoms with Gasteiger partial charge in [-0.05, 0) is 12.1 Å². The number of fused-ring (bicyclic) bond motifs is 1. The number of hydrogen-bond acceptors (Lipinski definition) is 4. The van der Waals surface area contributed by atoms with Crippen molar-refractivity contribution in [3.63, 3.8) is 0 Å². The first-order valence-corrected chi connectivity index (χ1v) is 6.49. The molecular formula is C14H14ClN3O. The fourth-order valence-electron chi connectivity index (χ4n) is 2.19. The maximum atomic E-state index is 5.96. The third kappa shape index (κ3) is 2.58. The molecule has 2 heterocycles. The molecule has 2 aromatic rings. The van der Waals surface area contributed by atoms with Crippen molar-refractivity contribution in [2.45, 2.75) is 6.54 Å². The maximum absolute atomic E-state index is 5.96. The lowest BCUT2D eigenvalue weighted by Gasteiger charge is -2.21. The van der Waals surface area contributed by atoms with Crippen molar-refractivity contribution in [3.8, 4) is 5.75 Å². The zero-order chi connectivity index (χ0) is 13.2. The van der Waals surface area contributed by atoms with E-state index in [1.165, 1.54) is 0 Å². The van der Waals surface area contributed by atoms with E-state index in [0.29, 0.717) is 17.4 Å². The molecule has 0 fully saturated rings. The SMILES string of the molecule is Nc1cc(Cl)nc(N2CCOc3ccccc3C2)c1. The molecule has 0 atom stereocenters. The summed E-state index contributed by atoms with van der Waals surface area (Å²) in [6.07, 6.45) is 0. The van der Waals surface area contributed by atoms with E-state index in [0.717, 1.165) is 30.2 Å². The number of nitrogens with two attached hydrogens (primary N) is 1. The second-order valence-corrected chi connectivity index (χ2v) is 4.85. The molecule has 1 aromatic heterocycles. The molecule has 4 nitrogen and oxygen atoms in total. The van der Waals surface area contributed by atoms with Gasteiger partial charge in [0.15, 0.2) is 0 Å². The highest BCUT2D eigenvalue weighted by atomic mass is 35.5. The Hall–Kier alpha value is -1.94. The van der Waals surface area contributed by atoms with Gasteiger partial charge >= 0.3 is 0 Å². The quantitative estimate of drug-likeness (QED) is 0.813.